The first kappa shape index (κ1) is 12.7. The highest BCUT2D eigenvalue weighted by Gasteiger charge is 2.21. The zero-order valence-corrected chi connectivity index (χ0v) is 8.90. The molecule has 0 aliphatic rings. The fourth-order valence-electron chi connectivity index (χ4n) is 0.785. The van der Waals surface area contributed by atoms with Gasteiger partial charge in [0.15, 0.2) is 0 Å². The molecule has 0 rings (SSSR count). The maximum atomic E-state index is 10.7. The number of carbonyl (C=O) groups is 1. The number of hydrogen-bond acceptors (Lipinski definition) is 4. The monoisotopic (exact) mass is 227 g/mol. The van der Waals surface area contributed by atoms with E-state index >= 15 is 0 Å². The van der Waals surface area contributed by atoms with Crippen LogP contribution in [-0.4, -0.2) is 43.2 Å². The first-order valence-electron chi connectivity index (χ1n) is 3.64. The Morgan fingerprint density at radius 1 is 1.62 bits per heavy atom. The van der Waals surface area contributed by atoms with Gasteiger partial charge in [0.2, 0.25) is 6.41 Å². The van der Waals surface area contributed by atoms with Gasteiger partial charge in [0, 0.05) is 6.54 Å². The molecule has 13 heavy (non-hydrogen) atoms. The van der Waals surface area contributed by atoms with Gasteiger partial charge in [0.1, 0.15) is 5.25 Å². The number of rotatable bonds is 7. The Morgan fingerprint density at radius 2 is 2.23 bits per heavy atom. The smallest absolute Gasteiger partial charge is 0.269 e. The molecule has 1 atom stereocenters. The van der Waals surface area contributed by atoms with Crippen molar-refractivity contribution in [3.63, 3.8) is 0 Å². The Morgan fingerprint density at radius 3 is 2.62 bits per heavy atom. The molecule has 0 spiro atoms. The van der Waals surface area contributed by atoms with Crippen molar-refractivity contribution in [3.05, 3.63) is 0 Å². The van der Waals surface area contributed by atoms with Crippen LogP contribution in [0.3, 0.4) is 0 Å². The van der Waals surface area contributed by atoms with E-state index < -0.39 is 15.4 Å². The second-order valence-electron chi connectivity index (χ2n) is 2.44. The van der Waals surface area contributed by atoms with Gasteiger partial charge in [-0.3, -0.25) is 9.35 Å². The maximum Gasteiger partial charge on any atom is 0.269 e. The average Bonchev–Trinajstić information content (AvgIpc) is 2.02. The van der Waals surface area contributed by atoms with Crippen molar-refractivity contribution >= 4 is 28.3 Å². The lowest BCUT2D eigenvalue weighted by atomic mass is 10.3. The number of nitrogens with one attached hydrogen (secondary N) is 1. The van der Waals surface area contributed by atoms with E-state index in [9.17, 15) is 13.2 Å². The molecule has 0 aliphatic carbocycles. The molecule has 0 radical (unpaired) electrons. The maximum absolute atomic E-state index is 10.7. The second-order valence-corrected chi connectivity index (χ2v) is 5.13. The van der Waals surface area contributed by atoms with Crippen LogP contribution in [0, 0.1) is 0 Å². The molecule has 0 aromatic rings. The van der Waals surface area contributed by atoms with Crippen molar-refractivity contribution in [3.8, 4) is 0 Å². The normalized spacial score (nSPS) is 13.7. The molecule has 0 aromatic carbocycles. The van der Waals surface area contributed by atoms with E-state index in [1.165, 1.54) is 11.8 Å². The first-order valence-corrected chi connectivity index (χ1v) is 6.54. The standard InChI is InChI=1S/C6H13NO4S2/c1-12-3-2-6(4-7-5-8)13(9,10)11/h5-6H,2-4H2,1H3,(H,7,8)(H,9,10,11). The summed E-state index contributed by atoms with van der Waals surface area (Å²) in [7, 11) is -4.04. The van der Waals surface area contributed by atoms with Crippen LogP contribution in [0.5, 0.6) is 0 Å². The molecule has 1 unspecified atom stereocenters. The molecule has 0 aliphatic heterocycles. The minimum absolute atomic E-state index is 0.0388. The summed E-state index contributed by atoms with van der Waals surface area (Å²) in [5.74, 6) is 0.630. The van der Waals surface area contributed by atoms with Gasteiger partial charge in [0.25, 0.3) is 10.1 Å². The van der Waals surface area contributed by atoms with Gasteiger partial charge < -0.3 is 5.32 Å². The second kappa shape index (κ2) is 6.22. The molecule has 0 saturated heterocycles. The predicted octanol–water partition coefficient (Wildman–Crippen LogP) is -0.258. The largest absolute Gasteiger partial charge is 0.357 e. The Labute approximate surface area is 82.0 Å². The Kier molecular flexibility index (Phi) is 6.10. The van der Waals surface area contributed by atoms with E-state index in [1.807, 2.05) is 6.26 Å². The molecule has 0 bridgehead atoms. The SMILES string of the molecule is CSCCC(CNC=O)S(=O)(=O)O. The number of amides is 1. The van der Waals surface area contributed by atoms with Crippen LogP contribution in [0.25, 0.3) is 0 Å². The van der Waals surface area contributed by atoms with Crippen molar-refractivity contribution in [1.29, 1.82) is 0 Å². The molecule has 5 nitrogen and oxygen atoms in total. The van der Waals surface area contributed by atoms with Crippen molar-refractivity contribution in [2.24, 2.45) is 0 Å². The van der Waals surface area contributed by atoms with E-state index in [1.54, 1.807) is 0 Å². The number of hydrogen-bond donors (Lipinski definition) is 2. The predicted molar refractivity (Wildman–Crippen MR) is 52.4 cm³/mol. The van der Waals surface area contributed by atoms with Crippen molar-refractivity contribution in [1.82, 2.24) is 5.32 Å². The summed E-state index contributed by atoms with van der Waals surface area (Å²) < 4.78 is 30.2. The van der Waals surface area contributed by atoms with Crippen LogP contribution in [0.4, 0.5) is 0 Å². The summed E-state index contributed by atoms with van der Waals surface area (Å²) in [5.41, 5.74) is 0. The molecular formula is C6H13NO4S2. The highest BCUT2D eigenvalue weighted by atomic mass is 32.2. The molecule has 1 amide bonds. The van der Waals surface area contributed by atoms with Gasteiger partial charge in [-0.05, 0) is 18.4 Å². The third kappa shape index (κ3) is 5.89. The highest BCUT2D eigenvalue weighted by molar-refractivity contribution is 7.98. The molecular weight excluding hydrogens is 214 g/mol. The number of carbonyl (C=O) groups excluding carboxylic acids is 1. The van der Waals surface area contributed by atoms with E-state index in [0.29, 0.717) is 18.6 Å². The molecule has 7 heteroatoms. The summed E-state index contributed by atoms with van der Waals surface area (Å²) in [6, 6.07) is 0. The third-order valence-electron chi connectivity index (χ3n) is 1.49. The van der Waals surface area contributed by atoms with Gasteiger partial charge >= 0.3 is 0 Å². The molecule has 2 N–H and O–H groups in total. The Balaban J connectivity index is 4.11. The minimum Gasteiger partial charge on any atom is -0.357 e. The summed E-state index contributed by atoms with van der Waals surface area (Å²) in [5, 5.41) is 1.34. The van der Waals surface area contributed by atoms with Crippen molar-refractivity contribution < 1.29 is 17.8 Å². The Hall–Kier alpha value is -0.270. The van der Waals surface area contributed by atoms with Gasteiger partial charge in [-0.2, -0.15) is 20.2 Å². The number of thioether (sulfide) groups is 1. The summed E-state index contributed by atoms with van der Waals surface area (Å²) in [4.78, 5) is 9.92. The van der Waals surface area contributed by atoms with Crippen molar-refractivity contribution in [2.75, 3.05) is 18.6 Å². The van der Waals surface area contributed by atoms with Gasteiger partial charge in [-0.25, -0.2) is 0 Å². The van der Waals surface area contributed by atoms with Crippen LogP contribution >= 0.6 is 11.8 Å². The quantitative estimate of drug-likeness (QED) is 0.462. The minimum atomic E-state index is -4.04. The van der Waals surface area contributed by atoms with Crippen LogP contribution in [0.2, 0.25) is 0 Å². The van der Waals surface area contributed by atoms with E-state index in [0.717, 1.165) is 0 Å². The Bertz CT molecular complexity index is 239. The lowest BCUT2D eigenvalue weighted by Gasteiger charge is -2.11. The first-order chi connectivity index (χ1) is 6.02. The topological polar surface area (TPSA) is 83.5 Å². The molecule has 0 saturated carbocycles. The molecule has 0 fully saturated rings. The lowest BCUT2D eigenvalue weighted by Crippen LogP contribution is -2.33. The van der Waals surface area contributed by atoms with Gasteiger partial charge in [0.05, 0.1) is 0 Å². The van der Waals surface area contributed by atoms with E-state index in [4.69, 9.17) is 4.55 Å². The third-order valence-corrected chi connectivity index (χ3v) is 3.38. The summed E-state index contributed by atoms with van der Waals surface area (Å²) >= 11 is 1.49. The summed E-state index contributed by atoms with van der Waals surface area (Å²) in [6.07, 6.45) is 2.59. The molecule has 0 heterocycles. The highest BCUT2D eigenvalue weighted by Crippen LogP contribution is 2.07. The van der Waals surface area contributed by atoms with Crippen LogP contribution in [0.15, 0.2) is 0 Å². The fourth-order valence-corrected chi connectivity index (χ4v) is 2.18. The van der Waals surface area contributed by atoms with E-state index in [-0.39, 0.29) is 6.54 Å². The van der Waals surface area contributed by atoms with Gasteiger partial charge in [-0.15, -0.1) is 0 Å². The van der Waals surface area contributed by atoms with Crippen LogP contribution in [0.1, 0.15) is 6.42 Å². The van der Waals surface area contributed by atoms with Crippen molar-refractivity contribution in [2.45, 2.75) is 11.7 Å². The van der Waals surface area contributed by atoms with Crippen LogP contribution in [-0.2, 0) is 14.9 Å². The zero-order valence-electron chi connectivity index (χ0n) is 7.26. The van der Waals surface area contributed by atoms with Gasteiger partial charge in [-0.1, -0.05) is 0 Å². The van der Waals surface area contributed by atoms with E-state index in [2.05, 4.69) is 5.32 Å². The summed E-state index contributed by atoms with van der Waals surface area (Å²) in [6.45, 7) is -0.0388. The lowest BCUT2D eigenvalue weighted by molar-refractivity contribution is -0.109. The van der Waals surface area contributed by atoms with Crippen LogP contribution < -0.4 is 5.32 Å². The average molecular weight is 227 g/mol. The zero-order chi connectivity index (χ0) is 10.3. The fraction of sp³-hybridized carbons (Fsp3) is 0.833. The molecule has 78 valence electrons. The molecule has 0 aromatic heterocycles.